The second-order valence-electron chi connectivity index (χ2n) is 4.08. The van der Waals surface area contributed by atoms with Gasteiger partial charge in [-0.2, -0.15) is 0 Å². The first-order valence-electron chi connectivity index (χ1n) is 5.58. The summed E-state index contributed by atoms with van der Waals surface area (Å²) in [6.45, 7) is 6.26. The highest BCUT2D eigenvalue weighted by molar-refractivity contribution is 7.80. The van der Waals surface area contributed by atoms with Crippen LogP contribution < -0.4 is 11.1 Å². The van der Waals surface area contributed by atoms with Gasteiger partial charge in [-0.1, -0.05) is 25.6 Å². The van der Waals surface area contributed by atoms with Crippen molar-refractivity contribution in [2.24, 2.45) is 5.73 Å². The summed E-state index contributed by atoms with van der Waals surface area (Å²) < 4.78 is 0. The topological polar surface area (TPSA) is 50.9 Å². The minimum Gasteiger partial charge on any atom is -0.389 e. The number of nitrogens with one attached hydrogen (secondary N) is 1. The summed E-state index contributed by atoms with van der Waals surface area (Å²) in [6, 6.07) is 4.22. The second kappa shape index (κ2) is 5.80. The van der Waals surface area contributed by atoms with Crippen molar-refractivity contribution in [1.29, 1.82) is 0 Å². The fourth-order valence-electron chi connectivity index (χ4n) is 1.64. The number of thiocarbonyl (C=S) groups is 1. The Hall–Kier alpha value is -1.16. The molecule has 0 spiro atoms. The highest BCUT2D eigenvalue weighted by Gasteiger charge is 2.05. The normalized spacial score (nSPS) is 12.2. The van der Waals surface area contributed by atoms with Crippen LogP contribution in [0.1, 0.15) is 37.9 Å². The van der Waals surface area contributed by atoms with E-state index in [-0.39, 0.29) is 0 Å². The molecule has 1 atom stereocenters. The summed E-state index contributed by atoms with van der Waals surface area (Å²) in [6.07, 6.45) is 2.28. The van der Waals surface area contributed by atoms with Gasteiger partial charge in [0, 0.05) is 17.3 Å². The van der Waals surface area contributed by atoms with E-state index < -0.39 is 0 Å². The van der Waals surface area contributed by atoms with Crippen LogP contribution in [-0.2, 0) is 0 Å². The molecule has 3 nitrogen and oxygen atoms in total. The second-order valence-corrected chi connectivity index (χ2v) is 4.52. The largest absolute Gasteiger partial charge is 0.389 e. The SMILES string of the molecule is CCCC(C)Nc1cc(C(N)=S)cc(C)n1. The summed E-state index contributed by atoms with van der Waals surface area (Å²) in [5.74, 6) is 0.851. The molecule has 16 heavy (non-hydrogen) atoms. The molecular formula is C12H19N3S. The molecule has 1 heterocycles. The van der Waals surface area contributed by atoms with Crippen LogP contribution >= 0.6 is 12.2 Å². The molecule has 0 bridgehead atoms. The maximum absolute atomic E-state index is 5.62. The van der Waals surface area contributed by atoms with Crippen LogP contribution in [0.2, 0.25) is 0 Å². The van der Waals surface area contributed by atoms with E-state index in [9.17, 15) is 0 Å². The third-order valence-electron chi connectivity index (χ3n) is 2.35. The van der Waals surface area contributed by atoms with Crippen LogP contribution in [0.5, 0.6) is 0 Å². The summed E-state index contributed by atoms with van der Waals surface area (Å²) in [4.78, 5) is 4.83. The first-order valence-corrected chi connectivity index (χ1v) is 5.98. The lowest BCUT2D eigenvalue weighted by Crippen LogP contribution is -2.17. The van der Waals surface area contributed by atoms with Gasteiger partial charge in [-0.25, -0.2) is 4.98 Å². The van der Waals surface area contributed by atoms with Crippen LogP contribution in [0.4, 0.5) is 5.82 Å². The van der Waals surface area contributed by atoms with E-state index >= 15 is 0 Å². The maximum Gasteiger partial charge on any atom is 0.127 e. The number of pyridine rings is 1. The minimum absolute atomic E-state index is 0.414. The van der Waals surface area contributed by atoms with Crippen molar-refractivity contribution in [3.05, 3.63) is 23.4 Å². The molecule has 4 heteroatoms. The van der Waals surface area contributed by atoms with Crippen LogP contribution in [-0.4, -0.2) is 16.0 Å². The number of anilines is 1. The van der Waals surface area contributed by atoms with Gasteiger partial charge in [-0.3, -0.25) is 0 Å². The Morgan fingerprint density at radius 1 is 1.56 bits per heavy atom. The predicted molar refractivity (Wildman–Crippen MR) is 72.9 cm³/mol. The van der Waals surface area contributed by atoms with Crippen molar-refractivity contribution < 1.29 is 0 Å². The van der Waals surface area contributed by atoms with Gasteiger partial charge in [0.15, 0.2) is 0 Å². The molecule has 0 aromatic carbocycles. The number of aromatic nitrogens is 1. The Labute approximate surface area is 102 Å². The molecule has 0 saturated carbocycles. The van der Waals surface area contributed by atoms with Gasteiger partial charge in [-0.05, 0) is 32.4 Å². The van der Waals surface area contributed by atoms with Crippen LogP contribution in [0.15, 0.2) is 12.1 Å². The summed E-state index contributed by atoms with van der Waals surface area (Å²) >= 11 is 4.97. The lowest BCUT2D eigenvalue weighted by molar-refractivity contribution is 0.687. The number of nitrogens with zero attached hydrogens (tertiary/aromatic N) is 1. The molecule has 0 amide bonds. The maximum atomic E-state index is 5.62. The molecule has 88 valence electrons. The van der Waals surface area contributed by atoms with Gasteiger partial charge >= 0.3 is 0 Å². The predicted octanol–water partition coefficient (Wildman–Crippen LogP) is 2.62. The van der Waals surface area contributed by atoms with E-state index in [4.69, 9.17) is 18.0 Å². The van der Waals surface area contributed by atoms with Gasteiger partial charge < -0.3 is 11.1 Å². The van der Waals surface area contributed by atoms with Crippen molar-refractivity contribution in [1.82, 2.24) is 4.98 Å². The number of aryl methyl sites for hydroxylation is 1. The monoisotopic (exact) mass is 237 g/mol. The van der Waals surface area contributed by atoms with Crippen molar-refractivity contribution in [2.75, 3.05) is 5.32 Å². The summed E-state index contributed by atoms with van der Waals surface area (Å²) in [7, 11) is 0. The van der Waals surface area contributed by atoms with Crippen molar-refractivity contribution in [3.63, 3.8) is 0 Å². The number of hydrogen-bond donors (Lipinski definition) is 2. The standard InChI is InChI=1S/C12H19N3S/c1-4-5-8(2)14-11-7-10(12(13)16)6-9(3)15-11/h6-8H,4-5H2,1-3H3,(H2,13,16)(H,14,15). The van der Waals surface area contributed by atoms with E-state index in [1.165, 1.54) is 0 Å². The molecule has 1 unspecified atom stereocenters. The third kappa shape index (κ3) is 3.77. The highest BCUT2D eigenvalue weighted by Crippen LogP contribution is 2.12. The van der Waals surface area contributed by atoms with E-state index in [0.29, 0.717) is 11.0 Å². The number of hydrogen-bond acceptors (Lipinski definition) is 3. The number of rotatable bonds is 5. The molecule has 1 aromatic rings. The first-order chi connectivity index (χ1) is 7.52. The fourth-order valence-corrected chi connectivity index (χ4v) is 1.76. The average molecular weight is 237 g/mol. The zero-order valence-electron chi connectivity index (χ0n) is 10.1. The molecule has 0 radical (unpaired) electrons. The lowest BCUT2D eigenvalue weighted by Gasteiger charge is -2.14. The zero-order valence-corrected chi connectivity index (χ0v) is 10.9. The summed E-state index contributed by atoms with van der Waals surface area (Å²) in [5, 5.41) is 3.35. The minimum atomic E-state index is 0.414. The Kier molecular flexibility index (Phi) is 4.68. The van der Waals surface area contributed by atoms with Gasteiger partial charge in [0.2, 0.25) is 0 Å². The van der Waals surface area contributed by atoms with Crippen molar-refractivity contribution in [3.8, 4) is 0 Å². The van der Waals surface area contributed by atoms with E-state index in [1.54, 1.807) is 0 Å². The third-order valence-corrected chi connectivity index (χ3v) is 2.59. The van der Waals surface area contributed by atoms with Crippen LogP contribution in [0.3, 0.4) is 0 Å². The van der Waals surface area contributed by atoms with E-state index in [0.717, 1.165) is 29.9 Å². The fraction of sp³-hybridized carbons (Fsp3) is 0.500. The Morgan fingerprint density at radius 3 is 2.81 bits per heavy atom. The zero-order chi connectivity index (χ0) is 12.1. The van der Waals surface area contributed by atoms with Crippen LogP contribution in [0.25, 0.3) is 0 Å². The smallest absolute Gasteiger partial charge is 0.127 e. The van der Waals surface area contributed by atoms with Crippen LogP contribution in [0, 0.1) is 6.92 Å². The van der Waals surface area contributed by atoms with Crippen molar-refractivity contribution in [2.45, 2.75) is 39.7 Å². The Balaban J connectivity index is 2.84. The van der Waals surface area contributed by atoms with Gasteiger partial charge in [0.05, 0.1) is 0 Å². The molecule has 0 aliphatic rings. The molecule has 1 aromatic heterocycles. The van der Waals surface area contributed by atoms with Crippen molar-refractivity contribution >= 4 is 23.0 Å². The quantitative estimate of drug-likeness (QED) is 0.773. The van der Waals surface area contributed by atoms with Gasteiger partial charge in [0.25, 0.3) is 0 Å². The Bertz CT molecular complexity index is 377. The highest BCUT2D eigenvalue weighted by atomic mass is 32.1. The molecule has 0 fully saturated rings. The van der Waals surface area contributed by atoms with Gasteiger partial charge in [-0.15, -0.1) is 0 Å². The Morgan fingerprint density at radius 2 is 2.25 bits per heavy atom. The summed E-state index contributed by atoms with van der Waals surface area (Å²) in [5.41, 5.74) is 7.41. The molecule has 1 rings (SSSR count). The lowest BCUT2D eigenvalue weighted by atomic mass is 10.2. The van der Waals surface area contributed by atoms with E-state index in [1.807, 2.05) is 19.1 Å². The molecule has 3 N–H and O–H groups in total. The van der Waals surface area contributed by atoms with Gasteiger partial charge in [0.1, 0.15) is 10.8 Å². The molecular weight excluding hydrogens is 218 g/mol. The average Bonchev–Trinajstić information content (AvgIpc) is 2.16. The van der Waals surface area contributed by atoms with E-state index in [2.05, 4.69) is 24.1 Å². The molecule has 0 saturated heterocycles. The number of nitrogens with two attached hydrogens (primary N) is 1. The molecule has 0 aliphatic carbocycles. The first kappa shape index (κ1) is 12.9. The molecule has 0 aliphatic heterocycles.